The molecule has 8 heteroatoms. The largest absolute Gasteiger partial charge is 0.467 e. The summed E-state index contributed by atoms with van der Waals surface area (Å²) < 4.78 is 5.42. The van der Waals surface area contributed by atoms with Crippen LogP contribution in [0.4, 0.5) is 0 Å². The predicted octanol–water partition coefficient (Wildman–Crippen LogP) is 5.66. The smallest absolute Gasteiger partial charge is 0.242 e. The summed E-state index contributed by atoms with van der Waals surface area (Å²) in [5.41, 5.74) is 1.91. The number of thioether (sulfide) groups is 1. The van der Waals surface area contributed by atoms with Crippen molar-refractivity contribution in [3.05, 3.63) is 93.9 Å². The molecule has 0 radical (unpaired) electrons. The van der Waals surface area contributed by atoms with Crippen LogP contribution < -0.4 is 0 Å². The number of nitrogens with zero attached hydrogens (tertiary/aromatic N) is 3. The second-order valence-electron chi connectivity index (χ2n) is 6.62. The van der Waals surface area contributed by atoms with Crippen molar-refractivity contribution in [3.63, 3.8) is 0 Å². The lowest BCUT2D eigenvalue weighted by atomic mass is 10.1. The second-order valence-corrected chi connectivity index (χ2v) is 8.66. The zero-order valence-electron chi connectivity index (χ0n) is 15.7. The van der Waals surface area contributed by atoms with Gasteiger partial charge in [0.1, 0.15) is 5.76 Å². The van der Waals surface area contributed by atoms with E-state index >= 15 is 0 Å². The molecule has 0 N–H and O–H groups in total. The van der Waals surface area contributed by atoms with Crippen LogP contribution in [0.5, 0.6) is 0 Å². The molecular formula is C22H17Cl2N3O2S. The molecule has 1 aliphatic heterocycles. The molecule has 1 aromatic heterocycles. The second kappa shape index (κ2) is 9.51. The standard InChI is InChI=1S/C22H17Cl2N3O2S/c23-17-7-3-15(4-8-17)12-20-21(28)27(14-19-2-1-11-29-19)22(30-20)26-25-13-16-5-9-18(24)10-6-16/h1-11,13,20H,12,14H2. The molecule has 1 atom stereocenters. The third kappa shape index (κ3) is 5.14. The lowest BCUT2D eigenvalue weighted by Gasteiger charge is -2.14. The Morgan fingerprint density at radius 3 is 2.40 bits per heavy atom. The van der Waals surface area contributed by atoms with Gasteiger partial charge >= 0.3 is 0 Å². The van der Waals surface area contributed by atoms with Gasteiger partial charge in [-0.15, -0.1) is 5.10 Å². The molecular weight excluding hydrogens is 441 g/mol. The van der Waals surface area contributed by atoms with Crippen molar-refractivity contribution in [2.24, 2.45) is 10.2 Å². The number of rotatable bonds is 6. The van der Waals surface area contributed by atoms with Crippen LogP contribution in [0.2, 0.25) is 10.0 Å². The van der Waals surface area contributed by atoms with E-state index in [-0.39, 0.29) is 11.2 Å². The van der Waals surface area contributed by atoms with Gasteiger partial charge in [0.05, 0.1) is 24.3 Å². The van der Waals surface area contributed by atoms with Gasteiger partial charge in [-0.2, -0.15) is 5.10 Å². The molecule has 5 nitrogen and oxygen atoms in total. The minimum atomic E-state index is -0.286. The molecule has 1 amide bonds. The molecule has 0 saturated carbocycles. The average Bonchev–Trinajstić information content (AvgIpc) is 3.35. The van der Waals surface area contributed by atoms with Crippen LogP contribution in [0.25, 0.3) is 0 Å². The first-order chi connectivity index (χ1) is 14.6. The zero-order valence-corrected chi connectivity index (χ0v) is 18.1. The van der Waals surface area contributed by atoms with Gasteiger partial charge in [-0.3, -0.25) is 9.69 Å². The van der Waals surface area contributed by atoms with Crippen LogP contribution in [0, 0.1) is 0 Å². The summed E-state index contributed by atoms with van der Waals surface area (Å²) in [6, 6.07) is 18.4. The van der Waals surface area contributed by atoms with Crippen molar-refractivity contribution in [2.75, 3.05) is 0 Å². The minimum Gasteiger partial charge on any atom is -0.467 e. The average molecular weight is 458 g/mol. The fourth-order valence-electron chi connectivity index (χ4n) is 2.95. The fourth-order valence-corrected chi connectivity index (χ4v) is 4.33. The van der Waals surface area contributed by atoms with E-state index in [1.54, 1.807) is 35.6 Å². The number of carbonyl (C=O) groups excluding carboxylic acids is 1. The van der Waals surface area contributed by atoms with Crippen LogP contribution in [0.3, 0.4) is 0 Å². The van der Waals surface area contributed by atoms with Gasteiger partial charge in [0.2, 0.25) is 5.91 Å². The molecule has 2 heterocycles. The molecule has 152 valence electrons. The third-order valence-electron chi connectivity index (χ3n) is 4.47. The van der Waals surface area contributed by atoms with Crippen molar-refractivity contribution in [1.82, 2.24) is 4.90 Å². The number of benzene rings is 2. The number of halogens is 2. The van der Waals surface area contributed by atoms with Crippen molar-refractivity contribution < 1.29 is 9.21 Å². The van der Waals surface area contributed by atoms with Gasteiger partial charge in [0.15, 0.2) is 5.17 Å². The number of hydrogen-bond acceptors (Lipinski definition) is 5. The van der Waals surface area contributed by atoms with Gasteiger partial charge in [0, 0.05) is 10.0 Å². The van der Waals surface area contributed by atoms with Gasteiger partial charge in [-0.05, 0) is 53.9 Å². The molecule has 0 aliphatic carbocycles. The van der Waals surface area contributed by atoms with E-state index in [4.69, 9.17) is 27.6 Å². The Hall–Kier alpha value is -2.54. The lowest BCUT2D eigenvalue weighted by Crippen LogP contribution is -2.32. The highest BCUT2D eigenvalue weighted by atomic mass is 35.5. The Labute approximate surface area is 188 Å². The molecule has 1 saturated heterocycles. The zero-order chi connectivity index (χ0) is 20.9. The molecule has 4 rings (SSSR count). The summed E-state index contributed by atoms with van der Waals surface area (Å²) in [7, 11) is 0. The Balaban J connectivity index is 1.54. The molecule has 0 bridgehead atoms. The van der Waals surface area contributed by atoms with Crippen LogP contribution in [-0.4, -0.2) is 27.4 Å². The Morgan fingerprint density at radius 1 is 1.03 bits per heavy atom. The third-order valence-corrected chi connectivity index (χ3v) is 6.14. The van der Waals surface area contributed by atoms with E-state index in [0.29, 0.717) is 33.9 Å². The van der Waals surface area contributed by atoms with Crippen molar-refractivity contribution >= 4 is 52.3 Å². The molecule has 1 aliphatic rings. The van der Waals surface area contributed by atoms with E-state index < -0.39 is 0 Å². The maximum Gasteiger partial charge on any atom is 0.242 e. The highest BCUT2D eigenvalue weighted by Gasteiger charge is 2.38. The first kappa shape index (κ1) is 20.7. The van der Waals surface area contributed by atoms with E-state index in [9.17, 15) is 4.79 Å². The first-order valence-corrected chi connectivity index (χ1v) is 10.8. The highest BCUT2D eigenvalue weighted by molar-refractivity contribution is 8.15. The molecule has 2 aromatic carbocycles. The number of amides is 1. The maximum atomic E-state index is 13.1. The molecule has 1 unspecified atom stereocenters. The molecule has 3 aromatic rings. The fraction of sp³-hybridized carbons (Fsp3) is 0.136. The van der Waals surface area contributed by atoms with Gasteiger partial charge in [-0.1, -0.05) is 59.2 Å². The number of amidine groups is 1. The van der Waals surface area contributed by atoms with Gasteiger partial charge in [-0.25, -0.2) is 0 Å². The SMILES string of the molecule is O=C1C(Cc2ccc(Cl)cc2)SC(=NN=Cc2ccc(Cl)cc2)N1Cc1ccco1. The van der Waals surface area contributed by atoms with E-state index in [0.717, 1.165) is 11.1 Å². The predicted molar refractivity (Wildman–Crippen MR) is 122 cm³/mol. The summed E-state index contributed by atoms with van der Waals surface area (Å²) in [6.07, 6.45) is 3.80. The number of hydrogen-bond donors (Lipinski definition) is 0. The summed E-state index contributed by atoms with van der Waals surface area (Å²) in [4.78, 5) is 14.7. The lowest BCUT2D eigenvalue weighted by molar-refractivity contribution is -0.126. The minimum absolute atomic E-state index is 0.0215. The highest BCUT2D eigenvalue weighted by Crippen LogP contribution is 2.31. The monoisotopic (exact) mass is 457 g/mol. The molecule has 1 fully saturated rings. The Kier molecular flexibility index (Phi) is 6.57. The van der Waals surface area contributed by atoms with E-state index in [2.05, 4.69) is 10.2 Å². The van der Waals surface area contributed by atoms with Crippen LogP contribution in [0.1, 0.15) is 16.9 Å². The van der Waals surface area contributed by atoms with E-state index in [1.165, 1.54) is 11.8 Å². The van der Waals surface area contributed by atoms with Crippen LogP contribution >= 0.6 is 35.0 Å². The molecule has 30 heavy (non-hydrogen) atoms. The normalized spacial score (nSPS) is 18.1. The van der Waals surface area contributed by atoms with Crippen molar-refractivity contribution in [2.45, 2.75) is 18.2 Å². The first-order valence-electron chi connectivity index (χ1n) is 9.20. The summed E-state index contributed by atoms with van der Waals surface area (Å²) in [5, 5.41) is 10.1. The quantitative estimate of drug-likeness (QED) is 0.354. The Bertz CT molecular complexity index is 1060. The number of furan rings is 1. The van der Waals surface area contributed by atoms with Gasteiger partial charge in [0.25, 0.3) is 0 Å². The number of carbonyl (C=O) groups is 1. The summed E-state index contributed by atoms with van der Waals surface area (Å²) in [6.45, 7) is 0.311. The van der Waals surface area contributed by atoms with Gasteiger partial charge < -0.3 is 4.42 Å². The Morgan fingerprint density at radius 2 is 1.73 bits per heavy atom. The van der Waals surface area contributed by atoms with E-state index in [1.807, 2.05) is 42.5 Å². The summed E-state index contributed by atoms with van der Waals surface area (Å²) in [5.74, 6) is 0.664. The van der Waals surface area contributed by atoms with Crippen molar-refractivity contribution in [1.29, 1.82) is 0 Å². The molecule has 0 spiro atoms. The maximum absolute atomic E-state index is 13.1. The van der Waals surface area contributed by atoms with Crippen LogP contribution in [0.15, 0.2) is 81.5 Å². The topological polar surface area (TPSA) is 58.2 Å². The summed E-state index contributed by atoms with van der Waals surface area (Å²) >= 11 is 13.3. The van der Waals surface area contributed by atoms with Crippen LogP contribution in [-0.2, 0) is 17.8 Å². The van der Waals surface area contributed by atoms with Crippen molar-refractivity contribution in [3.8, 4) is 0 Å².